The average Bonchev–Trinajstić information content (AvgIpc) is 2.93. The van der Waals surface area contributed by atoms with Gasteiger partial charge in [-0.1, -0.05) is 18.2 Å². The van der Waals surface area contributed by atoms with Crippen LogP contribution in [0.1, 0.15) is 25.0 Å². The Morgan fingerprint density at radius 3 is 2.92 bits per heavy atom. The van der Waals surface area contributed by atoms with Gasteiger partial charge in [-0.15, -0.1) is 0 Å². The Kier molecular flexibility index (Phi) is 4.30. The third-order valence-corrected chi connectivity index (χ3v) is 5.06. The van der Waals surface area contributed by atoms with Crippen molar-refractivity contribution in [2.24, 2.45) is 5.92 Å². The van der Waals surface area contributed by atoms with Crippen LogP contribution in [0.3, 0.4) is 0 Å². The zero-order valence-electron chi connectivity index (χ0n) is 14.2. The highest BCUT2D eigenvalue weighted by atomic mass is 15.1. The zero-order valence-corrected chi connectivity index (χ0v) is 14.2. The first-order chi connectivity index (χ1) is 11.8. The summed E-state index contributed by atoms with van der Waals surface area (Å²) in [5.74, 6) is 1.71. The molecule has 0 N–H and O–H groups in total. The second kappa shape index (κ2) is 6.73. The quantitative estimate of drug-likeness (QED) is 0.738. The predicted molar refractivity (Wildman–Crippen MR) is 97.4 cm³/mol. The second-order valence-corrected chi connectivity index (χ2v) is 6.89. The molecule has 4 rings (SSSR count). The first-order valence-corrected chi connectivity index (χ1v) is 8.86. The summed E-state index contributed by atoms with van der Waals surface area (Å²) in [4.78, 5) is 11.8. The number of nitrogens with zero attached hydrogens (tertiary/aromatic N) is 4. The molecule has 1 atom stereocenters. The number of hydrogen-bond donors (Lipinski definition) is 0. The van der Waals surface area contributed by atoms with E-state index in [0.29, 0.717) is 0 Å². The number of hydrogen-bond acceptors (Lipinski definition) is 3. The summed E-state index contributed by atoms with van der Waals surface area (Å²) in [7, 11) is 2.23. The van der Waals surface area contributed by atoms with Crippen molar-refractivity contribution in [3.05, 3.63) is 54.5 Å². The van der Waals surface area contributed by atoms with Gasteiger partial charge in [-0.05, 0) is 76.0 Å². The Morgan fingerprint density at radius 1 is 1.04 bits per heavy atom. The van der Waals surface area contributed by atoms with Gasteiger partial charge in [0.15, 0.2) is 0 Å². The fourth-order valence-electron chi connectivity index (χ4n) is 3.67. The van der Waals surface area contributed by atoms with Crippen LogP contribution >= 0.6 is 0 Å². The molecular weight excluding hydrogens is 296 g/mol. The van der Waals surface area contributed by atoms with Gasteiger partial charge in [0.1, 0.15) is 12.1 Å². The van der Waals surface area contributed by atoms with Crippen LogP contribution in [-0.4, -0.2) is 39.6 Å². The van der Waals surface area contributed by atoms with Crippen molar-refractivity contribution < 1.29 is 0 Å². The number of rotatable bonds is 3. The fourth-order valence-corrected chi connectivity index (χ4v) is 3.67. The molecule has 2 aromatic heterocycles. The highest BCUT2D eigenvalue weighted by molar-refractivity contribution is 5.76. The normalized spacial score (nSPS) is 19.5. The minimum absolute atomic E-state index is 0.747. The van der Waals surface area contributed by atoms with Crippen molar-refractivity contribution in [1.29, 1.82) is 0 Å². The summed E-state index contributed by atoms with van der Waals surface area (Å²) in [5, 5.41) is 0. The van der Waals surface area contributed by atoms with Gasteiger partial charge in [-0.25, -0.2) is 9.97 Å². The van der Waals surface area contributed by atoms with Crippen molar-refractivity contribution >= 4 is 11.0 Å². The van der Waals surface area contributed by atoms with Crippen molar-refractivity contribution in [1.82, 2.24) is 19.4 Å². The van der Waals surface area contributed by atoms with Crippen LogP contribution in [-0.2, 0) is 6.42 Å². The summed E-state index contributed by atoms with van der Waals surface area (Å²) >= 11 is 0. The first kappa shape index (κ1) is 15.3. The van der Waals surface area contributed by atoms with Crippen LogP contribution in [0.2, 0.25) is 0 Å². The van der Waals surface area contributed by atoms with Crippen molar-refractivity contribution in [3.8, 4) is 5.82 Å². The molecule has 0 aliphatic carbocycles. The van der Waals surface area contributed by atoms with E-state index < -0.39 is 0 Å². The molecule has 0 spiro atoms. The predicted octanol–water partition coefficient (Wildman–Crippen LogP) is 3.69. The number of pyridine rings is 1. The standard InChI is InChI=1S/C20H24N4/c1-23-12-5-6-16(11-13-23)14-17-7-4-10-20(22-17)24-15-21-18-8-2-3-9-19(18)24/h2-4,7-10,15-16H,5-6,11-14H2,1H3. The molecule has 1 aliphatic rings. The van der Waals surface area contributed by atoms with E-state index in [1.165, 1.54) is 38.0 Å². The van der Waals surface area contributed by atoms with Gasteiger partial charge >= 0.3 is 0 Å². The Bertz CT molecular complexity index is 823. The fraction of sp³-hybridized carbons (Fsp3) is 0.400. The van der Waals surface area contributed by atoms with Crippen LogP contribution in [0, 0.1) is 5.92 Å². The third-order valence-electron chi connectivity index (χ3n) is 5.06. The summed E-state index contributed by atoms with van der Waals surface area (Å²) < 4.78 is 2.08. The molecule has 0 radical (unpaired) electrons. The summed E-state index contributed by atoms with van der Waals surface area (Å²) in [6, 6.07) is 14.6. The van der Waals surface area contributed by atoms with Crippen molar-refractivity contribution in [2.45, 2.75) is 25.7 Å². The minimum Gasteiger partial charge on any atom is -0.306 e. The molecule has 0 amide bonds. The van der Waals surface area contributed by atoms with E-state index in [4.69, 9.17) is 4.98 Å². The van der Waals surface area contributed by atoms with Gasteiger partial charge in [0.2, 0.25) is 0 Å². The van der Waals surface area contributed by atoms with Gasteiger partial charge in [0, 0.05) is 5.69 Å². The van der Waals surface area contributed by atoms with Gasteiger partial charge < -0.3 is 4.90 Å². The molecule has 1 unspecified atom stereocenters. The van der Waals surface area contributed by atoms with E-state index in [1.807, 2.05) is 24.5 Å². The van der Waals surface area contributed by atoms with E-state index in [-0.39, 0.29) is 0 Å². The minimum atomic E-state index is 0.747. The molecule has 3 heterocycles. The molecule has 0 saturated carbocycles. The highest BCUT2D eigenvalue weighted by Crippen LogP contribution is 2.22. The summed E-state index contributed by atoms with van der Waals surface area (Å²) in [5.41, 5.74) is 3.31. The molecule has 24 heavy (non-hydrogen) atoms. The Hall–Kier alpha value is -2.20. The lowest BCUT2D eigenvalue weighted by Crippen LogP contribution is -2.19. The van der Waals surface area contributed by atoms with Crippen molar-refractivity contribution in [3.63, 3.8) is 0 Å². The number of benzene rings is 1. The van der Waals surface area contributed by atoms with Crippen molar-refractivity contribution in [2.75, 3.05) is 20.1 Å². The average molecular weight is 320 g/mol. The van der Waals surface area contributed by atoms with Crippen LogP contribution in [0.5, 0.6) is 0 Å². The van der Waals surface area contributed by atoms with E-state index in [9.17, 15) is 0 Å². The summed E-state index contributed by atoms with van der Waals surface area (Å²) in [6.07, 6.45) is 6.83. The van der Waals surface area contributed by atoms with Crippen LogP contribution in [0.25, 0.3) is 16.9 Å². The molecule has 1 aromatic carbocycles. The van der Waals surface area contributed by atoms with Crippen LogP contribution in [0.15, 0.2) is 48.8 Å². The molecule has 124 valence electrons. The smallest absolute Gasteiger partial charge is 0.138 e. The maximum Gasteiger partial charge on any atom is 0.138 e. The maximum absolute atomic E-state index is 4.92. The van der Waals surface area contributed by atoms with Gasteiger partial charge in [0.25, 0.3) is 0 Å². The molecule has 1 aliphatic heterocycles. The lowest BCUT2D eigenvalue weighted by atomic mass is 9.95. The van der Waals surface area contributed by atoms with E-state index in [1.54, 1.807) is 0 Å². The first-order valence-electron chi connectivity index (χ1n) is 8.86. The number of aromatic nitrogens is 3. The molecule has 1 fully saturated rings. The SMILES string of the molecule is CN1CCCC(Cc2cccc(-n3cnc4ccccc43)n2)CC1. The molecule has 0 bridgehead atoms. The lowest BCUT2D eigenvalue weighted by Gasteiger charge is -2.15. The lowest BCUT2D eigenvalue weighted by molar-refractivity contribution is 0.341. The number of imidazole rings is 1. The Labute approximate surface area is 143 Å². The van der Waals surface area contributed by atoms with Gasteiger partial charge in [-0.2, -0.15) is 0 Å². The van der Waals surface area contributed by atoms with Crippen LogP contribution < -0.4 is 0 Å². The molecule has 4 nitrogen and oxygen atoms in total. The van der Waals surface area contributed by atoms with E-state index in [2.05, 4.69) is 45.8 Å². The number of likely N-dealkylation sites (tertiary alicyclic amines) is 1. The largest absolute Gasteiger partial charge is 0.306 e. The Morgan fingerprint density at radius 2 is 1.96 bits per heavy atom. The highest BCUT2D eigenvalue weighted by Gasteiger charge is 2.16. The number of para-hydroxylation sites is 2. The molecule has 1 saturated heterocycles. The Balaban J connectivity index is 1.57. The number of fused-ring (bicyclic) bond motifs is 1. The van der Waals surface area contributed by atoms with Gasteiger partial charge in [-0.3, -0.25) is 4.57 Å². The molecular formula is C20H24N4. The second-order valence-electron chi connectivity index (χ2n) is 6.89. The molecule has 3 aromatic rings. The summed E-state index contributed by atoms with van der Waals surface area (Å²) in [6.45, 7) is 2.43. The van der Waals surface area contributed by atoms with Crippen LogP contribution in [0.4, 0.5) is 0 Å². The zero-order chi connectivity index (χ0) is 16.4. The third kappa shape index (κ3) is 3.20. The van der Waals surface area contributed by atoms with E-state index >= 15 is 0 Å². The molecule has 4 heteroatoms. The van der Waals surface area contributed by atoms with Gasteiger partial charge in [0.05, 0.1) is 11.0 Å². The van der Waals surface area contributed by atoms with E-state index in [0.717, 1.165) is 29.2 Å². The monoisotopic (exact) mass is 320 g/mol. The maximum atomic E-state index is 4.92. The topological polar surface area (TPSA) is 34.0 Å².